The van der Waals surface area contributed by atoms with Gasteiger partial charge < -0.3 is 10.6 Å². The lowest BCUT2D eigenvalue weighted by Gasteiger charge is -2.20. The van der Waals surface area contributed by atoms with Crippen LogP contribution >= 0.6 is 0 Å². The van der Waals surface area contributed by atoms with E-state index in [4.69, 9.17) is 5.41 Å². The molecular weight excluding hydrogens is 186 g/mol. The van der Waals surface area contributed by atoms with Gasteiger partial charge in [0.1, 0.15) is 0 Å². The topological polar surface area (TPSA) is 47.9 Å². The highest BCUT2D eigenvalue weighted by Crippen LogP contribution is 2.24. The van der Waals surface area contributed by atoms with E-state index in [1.165, 1.54) is 5.56 Å². The first-order valence-electron chi connectivity index (χ1n) is 5.07. The normalized spacial score (nSPS) is 10.9. The lowest BCUT2D eigenvalue weighted by molar-refractivity contribution is 0.590. The molecule has 1 aromatic carbocycles. The molecule has 15 heavy (non-hydrogen) atoms. The highest BCUT2D eigenvalue weighted by molar-refractivity contribution is 5.90. The Morgan fingerprint density at radius 2 is 1.93 bits per heavy atom. The van der Waals surface area contributed by atoms with Crippen molar-refractivity contribution in [1.82, 2.24) is 5.32 Å². The Labute approximate surface area is 91.4 Å². The van der Waals surface area contributed by atoms with Crippen molar-refractivity contribution in [2.24, 2.45) is 0 Å². The van der Waals surface area contributed by atoms with E-state index in [1.807, 2.05) is 12.1 Å². The molecular formula is C12H19N3. The predicted octanol–water partition coefficient (Wildman–Crippen LogP) is 2.55. The second-order valence-corrected chi connectivity index (χ2v) is 4.58. The van der Waals surface area contributed by atoms with Gasteiger partial charge in [0, 0.05) is 12.7 Å². The van der Waals surface area contributed by atoms with Crippen molar-refractivity contribution < 1.29 is 0 Å². The van der Waals surface area contributed by atoms with Gasteiger partial charge in [-0.1, -0.05) is 32.9 Å². The van der Waals surface area contributed by atoms with Crippen LogP contribution in [0.3, 0.4) is 0 Å². The number of rotatable bonds is 1. The second-order valence-electron chi connectivity index (χ2n) is 4.58. The summed E-state index contributed by atoms with van der Waals surface area (Å²) in [6.45, 7) is 6.53. The molecule has 3 nitrogen and oxygen atoms in total. The fourth-order valence-electron chi connectivity index (χ4n) is 1.27. The van der Waals surface area contributed by atoms with Gasteiger partial charge in [0.2, 0.25) is 0 Å². The van der Waals surface area contributed by atoms with Crippen molar-refractivity contribution >= 4 is 11.6 Å². The molecule has 0 spiro atoms. The van der Waals surface area contributed by atoms with E-state index < -0.39 is 0 Å². The zero-order valence-electron chi connectivity index (χ0n) is 9.81. The summed E-state index contributed by atoms with van der Waals surface area (Å²) >= 11 is 0. The molecule has 0 radical (unpaired) electrons. The van der Waals surface area contributed by atoms with Gasteiger partial charge in [0.25, 0.3) is 0 Å². The van der Waals surface area contributed by atoms with Crippen LogP contribution in [0.1, 0.15) is 26.3 Å². The van der Waals surface area contributed by atoms with Crippen LogP contribution in [0.25, 0.3) is 0 Å². The zero-order chi connectivity index (χ0) is 11.5. The molecule has 0 atom stereocenters. The highest BCUT2D eigenvalue weighted by Gasteiger charge is 2.13. The van der Waals surface area contributed by atoms with E-state index in [1.54, 1.807) is 7.05 Å². The molecule has 0 aromatic heterocycles. The maximum absolute atomic E-state index is 7.48. The minimum atomic E-state index is 0.138. The molecule has 0 saturated carbocycles. The van der Waals surface area contributed by atoms with Gasteiger partial charge in [-0.15, -0.1) is 0 Å². The average Bonchev–Trinajstić information content (AvgIpc) is 2.17. The number of guanidine groups is 1. The van der Waals surface area contributed by atoms with Crippen molar-refractivity contribution in [3.05, 3.63) is 29.8 Å². The Kier molecular flexibility index (Phi) is 3.35. The number of benzene rings is 1. The smallest absolute Gasteiger partial charge is 0.192 e. The molecule has 0 bridgehead atoms. The maximum Gasteiger partial charge on any atom is 0.192 e. The third-order valence-corrected chi connectivity index (χ3v) is 2.25. The molecule has 0 aliphatic carbocycles. The summed E-state index contributed by atoms with van der Waals surface area (Å²) in [7, 11) is 1.73. The molecule has 1 aromatic rings. The van der Waals surface area contributed by atoms with Crippen LogP contribution in [0.4, 0.5) is 5.69 Å². The molecule has 0 heterocycles. The van der Waals surface area contributed by atoms with Crippen LogP contribution in [0.15, 0.2) is 24.3 Å². The first-order chi connectivity index (χ1) is 6.93. The monoisotopic (exact) mass is 205 g/mol. The number of anilines is 1. The Morgan fingerprint density at radius 3 is 2.47 bits per heavy atom. The predicted molar refractivity (Wildman–Crippen MR) is 65.6 cm³/mol. The molecule has 3 N–H and O–H groups in total. The average molecular weight is 205 g/mol. The van der Waals surface area contributed by atoms with Gasteiger partial charge in [0.05, 0.1) is 0 Å². The van der Waals surface area contributed by atoms with Gasteiger partial charge in [-0.25, -0.2) is 0 Å². The van der Waals surface area contributed by atoms with E-state index in [9.17, 15) is 0 Å². The molecule has 82 valence electrons. The third-order valence-electron chi connectivity index (χ3n) is 2.25. The molecule has 0 fully saturated rings. The lowest BCUT2D eigenvalue weighted by atomic mass is 9.87. The number of nitrogens with one attached hydrogen (secondary N) is 3. The molecule has 1 rings (SSSR count). The van der Waals surface area contributed by atoms with Crippen LogP contribution in [-0.4, -0.2) is 13.0 Å². The van der Waals surface area contributed by atoms with E-state index in [0.717, 1.165) is 5.69 Å². The molecule has 0 amide bonds. The van der Waals surface area contributed by atoms with Crippen LogP contribution in [0.2, 0.25) is 0 Å². The van der Waals surface area contributed by atoms with Crippen LogP contribution in [0, 0.1) is 5.41 Å². The van der Waals surface area contributed by atoms with Crippen LogP contribution in [0.5, 0.6) is 0 Å². The summed E-state index contributed by atoms with van der Waals surface area (Å²) in [4.78, 5) is 0. The van der Waals surface area contributed by atoms with Crippen molar-refractivity contribution in [2.45, 2.75) is 26.2 Å². The Balaban J connectivity index is 2.88. The molecule has 0 aliphatic heterocycles. The molecule has 0 aliphatic rings. The summed E-state index contributed by atoms with van der Waals surface area (Å²) in [6, 6.07) is 8.15. The Morgan fingerprint density at radius 1 is 1.27 bits per heavy atom. The van der Waals surface area contributed by atoms with E-state index in [2.05, 4.69) is 43.5 Å². The zero-order valence-corrected chi connectivity index (χ0v) is 9.81. The maximum atomic E-state index is 7.48. The summed E-state index contributed by atoms with van der Waals surface area (Å²) in [5.41, 5.74) is 2.35. The van der Waals surface area contributed by atoms with Gasteiger partial charge >= 0.3 is 0 Å². The number of hydrogen-bond donors (Lipinski definition) is 3. The lowest BCUT2D eigenvalue weighted by Crippen LogP contribution is -2.25. The van der Waals surface area contributed by atoms with E-state index in [0.29, 0.717) is 5.96 Å². The fraction of sp³-hybridized carbons (Fsp3) is 0.417. The minimum absolute atomic E-state index is 0.138. The first-order valence-corrected chi connectivity index (χ1v) is 5.07. The van der Waals surface area contributed by atoms with Crippen molar-refractivity contribution in [3.63, 3.8) is 0 Å². The largest absolute Gasteiger partial charge is 0.359 e. The molecule has 3 heteroatoms. The standard InChI is InChI=1S/C12H19N3/c1-12(2,3)9-6-5-7-10(8-9)15-11(13)14-4/h5-8H,1-4H3,(H3,13,14,15). The van der Waals surface area contributed by atoms with Crippen LogP contribution < -0.4 is 10.6 Å². The summed E-state index contributed by atoms with van der Waals surface area (Å²) < 4.78 is 0. The molecule has 0 saturated heterocycles. The van der Waals surface area contributed by atoms with Gasteiger partial charge in [-0.2, -0.15) is 0 Å². The number of hydrogen-bond acceptors (Lipinski definition) is 1. The van der Waals surface area contributed by atoms with Gasteiger partial charge in [-0.3, -0.25) is 5.41 Å². The van der Waals surface area contributed by atoms with E-state index in [-0.39, 0.29) is 5.41 Å². The van der Waals surface area contributed by atoms with Crippen molar-refractivity contribution in [3.8, 4) is 0 Å². The highest BCUT2D eigenvalue weighted by atomic mass is 15.1. The summed E-state index contributed by atoms with van der Waals surface area (Å²) in [5, 5.41) is 13.2. The molecule has 0 unspecified atom stereocenters. The van der Waals surface area contributed by atoms with Gasteiger partial charge in [-0.05, 0) is 23.1 Å². The van der Waals surface area contributed by atoms with E-state index >= 15 is 0 Å². The first kappa shape index (κ1) is 11.6. The third kappa shape index (κ3) is 3.27. The Bertz CT molecular complexity index is 350. The second kappa shape index (κ2) is 4.34. The van der Waals surface area contributed by atoms with Crippen molar-refractivity contribution in [1.29, 1.82) is 5.41 Å². The minimum Gasteiger partial charge on any atom is -0.359 e. The van der Waals surface area contributed by atoms with Crippen LogP contribution in [-0.2, 0) is 5.41 Å². The Hall–Kier alpha value is -1.51. The summed E-state index contributed by atoms with van der Waals surface area (Å²) in [5.74, 6) is 0.307. The quantitative estimate of drug-likeness (QED) is 0.487. The van der Waals surface area contributed by atoms with Gasteiger partial charge in [0.15, 0.2) is 5.96 Å². The fourth-order valence-corrected chi connectivity index (χ4v) is 1.27. The van der Waals surface area contributed by atoms with Crippen molar-refractivity contribution in [2.75, 3.05) is 12.4 Å². The SMILES string of the molecule is CNC(=N)Nc1cccc(C(C)(C)C)c1. The summed E-state index contributed by atoms with van der Waals surface area (Å²) in [6.07, 6.45) is 0.